The summed E-state index contributed by atoms with van der Waals surface area (Å²) < 4.78 is 84.9. The van der Waals surface area contributed by atoms with Gasteiger partial charge in [-0.15, -0.1) is 24.5 Å². The van der Waals surface area contributed by atoms with Crippen molar-refractivity contribution in [3.05, 3.63) is 35.6 Å². The predicted molar refractivity (Wildman–Crippen MR) is 99.0 cm³/mol. The van der Waals surface area contributed by atoms with Crippen LogP contribution in [0.25, 0.3) is 0 Å². The Morgan fingerprint density at radius 3 is 2.52 bits per heavy atom. The molecule has 1 aliphatic rings. The van der Waals surface area contributed by atoms with Gasteiger partial charge in [-0.3, -0.25) is 9.59 Å². The van der Waals surface area contributed by atoms with E-state index in [1.807, 2.05) is 0 Å². The van der Waals surface area contributed by atoms with E-state index >= 15 is 0 Å². The van der Waals surface area contributed by atoms with Crippen LogP contribution in [0.15, 0.2) is 33.4 Å². The highest BCUT2D eigenvalue weighted by molar-refractivity contribution is 7.93. The third-order valence-corrected chi connectivity index (χ3v) is 7.44. The second kappa shape index (κ2) is 8.43. The van der Waals surface area contributed by atoms with E-state index in [2.05, 4.69) is 10.1 Å². The summed E-state index contributed by atoms with van der Waals surface area (Å²) in [5, 5.41) is 2.20. The zero-order valence-corrected chi connectivity index (χ0v) is 17.0. The molecule has 168 valence electrons. The molecule has 1 atom stereocenters. The summed E-state index contributed by atoms with van der Waals surface area (Å²) in [6, 6.07) is 2.35. The molecule has 0 bridgehead atoms. The maximum Gasteiger partial charge on any atom is 0.573 e. The first kappa shape index (κ1) is 23.0. The minimum atomic E-state index is -5.09. The molecule has 1 aliphatic heterocycles. The van der Waals surface area contributed by atoms with Gasteiger partial charge >= 0.3 is 6.36 Å². The van der Waals surface area contributed by atoms with Crippen LogP contribution in [0.1, 0.15) is 23.2 Å². The molecule has 1 saturated heterocycles. The molecule has 1 fully saturated rings. The highest BCUT2D eigenvalue weighted by atomic mass is 32.2. The number of amides is 2. The maximum absolute atomic E-state index is 14.3. The van der Waals surface area contributed by atoms with E-state index in [-0.39, 0.29) is 16.6 Å². The molecule has 3 N–H and O–H groups in total. The number of halogens is 4. The maximum atomic E-state index is 14.3. The van der Waals surface area contributed by atoms with Gasteiger partial charge in [0.2, 0.25) is 9.84 Å². The Balaban J connectivity index is 1.94. The summed E-state index contributed by atoms with van der Waals surface area (Å²) in [7, 11) is -4.60. The van der Waals surface area contributed by atoms with Crippen molar-refractivity contribution in [1.29, 1.82) is 0 Å². The van der Waals surface area contributed by atoms with Gasteiger partial charge in [-0.25, -0.2) is 12.8 Å². The molecular formula is C17H14F4N2O6S2. The van der Waals surface area contributed by atoms with Gasteiger partial charge in [0.05, 0.1) is 5.56 Å². The van der Waals surface area contributed by atoms with Crippen molar-refractivity contribution in [2.75, 3.05) is 11.9 Å². The lowest BCUT2D eigenvalue weighted by molar-refractivity contribution is -0.274. The molecule has 0 aliphatic carbocycles. The quantitative estimate of drug-likeness (QED) is 0.610. The smallest absolute Gasteiger partial charge is 0.406 e. The van der Waals surface area contributed by atoms with Crippen LogP contribution in [0.4, 0.5) is 22.6 Å². The van der Waals surface area contributed by atoms with E-state index in [1.54, 1.807) is 0 Å². The number of carbonyl (C=O) groups is 2. The van der Waals surface area contributed by atoms with Gasteiger partial charge in [-0.1, -0.05) is 0 Å². The second-order valence-electron chi connectivity index (χ2n) is 6.31. The van der Waals surface area contributed by atoms with Crippen LogP contribution in [0, 0.1) is 5.82 Å². The number of benzene rings is 1. The van der Waals surface area contributed by atoms with Crippen LogP contribution >= 0.6 is 11.3 Å². The van der Waals surface area contributed by atoms with Crippen molar-refractivity contribution >= 4 is 38.0 Å². The minimum Gasteiger partial charge on any atom is -0.406 e. The number of hydrogen-bond acceptors (Lipinski definition) is 7. The fraction of sp³-hybridized carbons (Fsp3) is 0.294. The summed E-state index contributed by atoms with van der Waals surface area (Å²) in [5.74, 6) is -4.10. The molecule has 14 heteroatoms. The van der Waals surface area contributed by atoms with E-state index < -0.39 is 54.8 Å². The van der Waals surface area contributed by atoms with Crippen molar-refractivity contribution < 1.29 is 45.0 Å². The van der Waals surface area contributed by atoms with Crippen LogP contribution in [0.2, 0.25) is 0 Å². The Labute approximate surface area is 176 Å². The Bertz CT molecular complexity index is 1120. The lowest BCUT2D eigenvalue weighted by atomic mass is 10.2. The van der Waals surface area contributed by atoms with Crippen molar-refractivity contribution in [1.82, 2.24) is 0 Å². The van der Waals surface area contributed by atoms with Gasteiger partial charge < -0.3 is 20.5 Å². The average molecular weight is 482 g/mol. The molecule has 1 aromatic heterocycles. The highest BCUT2D eigenvalue weighted by Gasteiger charge is 2.33. The SMILES string of the molecule is NC(=O)c1cc(S(=O)(=O)c2ccc(OC(F)(F)F)cc2F)sc1NC(=O)C1CCCO1. The van der Waals surface area contributed by atoms with Gasteiger partial charge in [0.15, 0.2) is 0 Å². The van der Waals surface area contributed by atoms with E-state index in [0.717, 1.165) is 6.07 Å². The topological polar surface area (TPSA) is 125 Å². The van der Waals surface area contributed by atoms with Gasteiger partial charge in [0, 0.05) is 12.7 Å². The van der Waals surface area contributed by atoms with Crippen molar-refractivity contribution in [3.8, 4) is 5.75 Å². The predicted octanol–water partition coefficient (Wildman–Crippen LogP) is 2.84. The summed E-state index contributed by atoms with van der Waals surface area (Å²) in [4.78, 5) is 23.0. The molecule has 0 spiro atoms. The van der Waals surface area contributed by atoms with E-state index in [1.165, 1.54) is 0 Å². The van der Waals surface area contributed by atoms with Gasteiger partial charge in [-0.05, 0) is 31.0 Å². The average Bonchev–Trinajstić information content (AvgIpc) is 3.30. The zero-order valence-electron chi connectivity index (χ0n) is 15.4. The third kappa shape index (κ3) is 5.14. The van der Waals surface area contributed by atoms with Crippen molar-refractivity contribution in [2.24, 2.45) is 5.73 Å². The lowest BCUT2D eigenvalue weighted by Crippen LogP contribution is -2.27. The Morgan fingerprint density at radius 2 is 1.97 bits per heavy atom. The van der Waals surface area contributed by atoms with Crippen LogP contribution in [0.5, 0.6) is 5.75 Å². The number of sulfone groups is 1. The number of ether oxygens (including phenoxy) is 2. The molecule has 0 radical (unpaired) electrons. The summed E-state index contributed by atoms with van der Waals surface area (Å²) in [6.45, 7) is 0.373. The molecule has 2 amide bonds. The Morgan fingerprint density at radius 1 is 1.26 bits per heavy atom. The molecule has 1 unspecified atom stereocenters. The number of thiophene rings is 1. The third-order valence-electron chi connectivity index (χ3n) is 4.13. The molecule has 2 aromatic rings. The minimum absolute atomic E-state index is 0.177. The van der Waals surface area contributed by atoms with E-state index in [9.17, 15) is 35.6 Å². The van der Waals surface area contributed by atoms with E-state index in [0.29, 0.717) is 42.9 Å². The number of hydrogen-bond donors (Lipinski definition) is 2. The normalized spacial score (nSPS) is 16.8. The number of carbonyl (C=O) groups excluding carboxylic acids is 2. The molecule has 8 nitrogen and oxygen atoms in total. The van der Waals surface area contributed by atoms with Crippen LogP contribution < -0.4 is 15.8 Å². The summed E-state index contributed by atoms with van der Waals surface area (Å²) in [6.07, 6.45) is -4.78. The summed E-state index contributed by atoms with van der Waals surface area (Å²) in [5.41, 5.74) is 4.91. The number of alkyl halides is 3. The fourth-order valence-corrected chi connectivity index (χ4v) is 5.57. The molecule has 31 heavy (non-hydrogen) atoms. The molecule has 0 saturated carbocycles. The number of nitrogens with two attached hydrogens (primary N) is 1. The number of nitrogens with one attached hydrogen (secondary N) is 1. The van der Waals surface area contributed by atoms with Gasteiger partial charge in [0.25, 0.3) is 11.8 Å². The lowest BCUT2D eigenvalue weighted by Gasteiger charge is -2.10. The second-order valence-corrected chi connectivity index (χ2v) is 9.50. The molecule has 1 aromatic carbocycles. The molecular weight excluding hydrogens is 468 g/mol. The van der Waals surface area contributed by atoms with E-state index in [4.69, 9.17) is 10.5 Å². The number of anilines is 1. The zero-order chi connectivity index (χ0) is 23.0. The van der Waals surface area contributed by atoms with Crippen molar-refractivity contribution in [2.45, 2.75) is 34.4 Å². The van der Waals surface area contributed by atoms with Gasteiger partial charge in [-0.2, -0.15) is 0 Å². The van der Waals surface area contributed by atoms with Crippen molar-refractivity contribution in [3.63, 3.8) is 0 Å². The first-order valence-corrected chi connectivity index (χ1v) is 10.8. The fourth-order valence-electron chi connectivity index (χ4n) is 2.76. The van der Waals surface area contributed by atoms with Crippen LogP contribution in [-0.2, 0) is 19.4 Å². The van der Waals surface area contributed by atoms with Crippen LogP contribution in [-0.4, -0.2) is 39.3 Å². The largest absolute Gasteiger partial charge is 0.573 e. The number of primary amides is 1. The first-order chi connectivity index (χ1) is 14.4. The molecule has 3 rings (SSSR count). The number of rotatable bonds is 6. The summed E-state index contributed by atoms with van der Waals surface area (Å²) >= 11 is 0.445. The first-order valence-electron chi connectivity index (χ1n) is 8.55. The monoisotopic (exact) mass is 482 g/mol. The highest BCUT2D eigenvalue weighted by Crippen LogP contribution is 2.36. The molecule has 2 heterocycles. The van der Waals surface area contributed by atoms with Crippen LogP contribution in [0.3, 0.4) is 0 Å². The standard InChI is InChI=1S/C17H14F4N2O6S2/c18-10-6-8(29-17(19,20)21)3-4-12(10)31(26,27)13-7-9(14(22)24)16(30-13)23-15(25)11-2-1-5-28-11/h3-4,6-7,11H,1-2,5H2,(H2,22,24)(H,23,25). The Hall–Kier alpha value is -2.71. The Kier molecular flexibility index (Phi) is 6.25. The van der Waals surface area contributed by atoms with Gasteiger partial charge in [0.1, 0.15) is 31.8 Å².